The standard InChI is InChI=1S/C31H33F2N5O4S/c1-42-43(2,3)18-35-14-20-9-27(28(39)36-15-20)29(40)37-24-11-22(21-5-6-21)10-23(12-24)25-7-4-19(13-34)8-26(25)30(41)38-16-31(32,33)17-38/h4,7-12,15,21,35H,5-6,14,16-18H2,1-3H3,(H,36,39)(H,37,40). The third-order valence-electron chi connectivity index (χ3n) is 7.52. The lowest BCUT2D eigenvalue weighted by atomic mass is 9.93. The van der Waals surface area contributed by atoms with E-state index in [1.807, 2.05) is 30.7 Å². The van der Waals surface area contributed by atoms with Crippen molar-refractivity contribution in [3.05, 3.63) is 86.8 Å². The number of benzene rings is 2. The van der Waals surface area contributed by atoms with E-state index in [1.165, 1.54) is 6.07 Å². The summed E-state index contributed by atoms with van der Waals surface area (Å²) in [4.78, 5) is 42.9. The molecule has 9 nitrogen and oxygen atoms in total. The fourth-order valence-electron chi connectivity index (χ4n) is 4.90. The molecule has 43 heavy (non-hydrogen) atoms. The molecular weight excluding hydrogens is 576 g/mol. The van der Waals surface area contributed by atoms with E-state index < -0.39 is 46.7 Å². The first-order chi connectivity index (χ1) is 20.4. The van der Waals surface area contributed by atoms with Crippen LogP contribution >= 0.6 is 10.3 Å². The van der Waals surface area contributed by atoms with Crippen LogP contribution in [0.3, 0.4) is 0 Å². The number of halogens is 2. The van der Waals surface area contributed by atoms with Crippen LogP contribution in [0.4, 0.5) is 14.5 Å². The van der Waals surface area contributed by atoms with E-state index in [0.717, 1.165) is 28.9 Å². The number of H-pyrrole nitrogens is 1. The summed E-state index contributed by atoms with van der Waals surface area (Å²) in [5.74, 6) is -3.20. The van der Waals surface area contributed by atoms with Crippen molar-refractivity contribution < 1.29 is 22.6 Å². The number of likely N-dealkylation sites (tertiary alicyclic amines) is 1. The summed E-state index contributed by atoms with van der Waals surface area (Å²) in [5.41, 5.74) is 2.93. The molecule has 12 heteroatoms. The van der Waals surface area contributed by atoms with Crippen LogP contribution in [-0.4, -0.2) is 66.2 Å². The van der Waals surface area contributed by atoms with Crippen molar-refractivity contribution in [2.45, 2.75) is 31.2 Å². The number of nitriles is 1. The summed E-state index contributed by atoms with van der Waals surface area (Å²) in [6.45, 7) is -0.934. The quantitative estimate of drug-likeness (QED) is 0.303. The Kier molecular flexibility index (Phi) is 8.42. The van der Waals surface area contributed by atoms with Crippen molar-refractivity contribution in [2.75, 3.05) is 43.9 Å². The SMILES string of the molecule is COS(C)(C)CNCc1c[nH]c(=O)c(C(=O)Nc2cc(-c3ccc(C#N)cc3C(=O)N3CC(F)(F)C3)cc(C3CC3)c2)c1. The lowest BCUT2D eigenvalue weighted by molar-refractivity contribution is -0.113. The van der Waals surface area contributed by atoms with Crippen molar-refractivity contribution >= 4 is 27.8 Å². The minimum absolute atomic E-state index is 0.0519. The first kappa shape index (κ1) is 30.4. The van der Waals surface area contributed by atoms with E-state index in [9.17, 15) is 28.4 Å². The highest BCUT2D eigenvalue weighted by molar-refractivity contribution is 8.28. The average Bonchev–Trinajstić information content (AvgIpc) is 3.81. The van der Waals surface area contributed by atoms with Crippen molar-refractivity contribution in [3.8, 4) is 17.2 Å². The Labute approximate surface area is 249 Å². The van der Waals surface area contributed by atoms with Crippen molar-refractivity contribution in [1.82, 2.24) is 15.2 Å². The molecule has 5 rings (SSSR count). The number of aromatic nitrogens is 1. The van der Waals surface area contributed by atoms with Gasteiger partial charge < -0.3 is 24.7 Å². The Morgan fingerprint density at radius 3 is 2.53 bits per heavy atom. The van der Waals surface area contributed by atoms with Crippen molar-refractivity contribution in [1.29, 1.82) is 5.26 Å². The molecule has 2 aromatic carbocycles. The molecule has 3 N–H and O–H groups in total. The molecule has 3 aromatic rings. The van der Waals surface area contributed by atoms with Crippen LogP contribution in [0.2, 0.25) is 0 Å². The molecule has 1 aliphatic carbocycles. The maximum atomic E-state index is 13.6. The van der Waals surface area contributed by atoms with Crippen LogP contribution in [-0.2, 0) is 10.7 Å². The molecule has 1 aromatic heterocycles. The number of anilines is 1. The molecule has 2 amide bonds. The van der Waals surface area contributed by atoms with Gasteiger partial charge in [0.2, 0.25) is 0 Å². The zero-order chi connectivity index (χ0) is 30.9. The number of pyridine rings is 1. The first-order valence-electron chi connectivity index (χ1n) is 13.7. The second-order valence-electron chi connectivity index (χ2n) is 11.4. The summed E-state index contributed by atoms with van der Waals surface area (Å²) in [6, 6.07) is 13.6. The number of rotatable bonds is 10. The van der Waals surface area contributed by atoms with Gasteiger partial charge in [0.1, 0.15) is 5.56 Å². The van der Waals surface area contributed by atoms with E-state index in [4.69, 9.17) is 4.18 Å². The van der Waals surface area contributed by atoms with Crippen LogP contribution in [0.1, 0.15) is 56.2 Å². The second-order valence-corrected chi connectivity index (χ2v) is 14.9. The molecule has 0 radical (unpaired) electrons. The lowest BCUT2D eigenvalue weighted by Gasteiger charge is -2.39. The average molecular weight is 610 g/mol. The summed E-state index contributed by atoms with van der Waals surface area (Å²) in [5, 5.41) is 15.6. The largest absolute Gasteiger partial charge is 0.339 e. The Morgan fingerprint density at radius 1 is 1.14 bits per heavy atom. The predicted molar refractivity (Wildman–Crippen MR) is 163 cm³/mol. The molecule has 1 saturated carbocycles. The Bertz CT molecular complexity index is 1670. The molecule has 0 atom stereocenters. The van der Waals surface area contributed by atoms with Crippen LogP contribution in [0.25, 0.3) is 11.1 Å². The summed E-state index contributed by atoms with van der Waals surface area (Å²) in [6.07, 6.45) is 7.54. The molecule has 1 aliphatic heterocycles. The Morgan fingerprint density at radius 2 is 1.88 bits per heavy atom. The van der Waals surface area contributed by atoms with E-state index in [2.05, 4.69) is 15.6 Å². The number of aromatic amines is 1. The highest BCUT2D eigenvalue weighted by Crippen LogP contribution is 2.43. The van der Waals surface area contributed by atoms with Gasteiger partial charge in [0.15, 0.2) is 0 Å². The number of nitrogens with zero attached hydrogens (tertiary/aromatic N) is 2. The van der Waals surface area contributed by atoms with E-state index in [1.54, 1.807) is 37.6 Å². The van der Waals surface area contributed by atoms with Crippen molar-refractivity contribution in [3.63, 3.8) is 0 Å². The van der Waals surface area contributed by atoms with Gasteiger partial charge in [-0.1, -0.05) is 12.1 Å². The van der Waals surface area contributed by atoms with Gasteiger partial charge in [0.25, 0.3) is 23.3 Å². The maximum Gasteiger partial charge on any atom is 0.282 e. The van der Waals surface area contributed by atoms with Crippen molar-refractivity contribution in [2.24, 2.45) is 0 Å². The number of carbonyl (C=O) groups is 2. The van der Waals surface area contributed by atoms with Gasteiger partial charge in [-0.15, -0.1) is 10.3 Å². The molecule has 0 bridgehead atoms. The molecule has 2 heterocycles. The van der Waals surface area contributed by atoms with Gasteiger partial charge >= 0.3 is 0 Å². The fraction of sp³-hybridized carbons (Fsp3) is 0.355. The van der Waals surface area contributed by atoms with Gasteiger partial charge in [0, 0.05) is 37.0 Å². The summed E-state index contributed by atoms with van der Waals surface area (Å²) in [7, 11) is 0.409. The molecule has 0 unspecified atom stereocenters. The maximum absolute atomic E-state index is 13.6. The number of hydrogen-bond acceptors (Lipinski definition) is 6. The minimum Gasteiger partial charge on any atom is -0.339 e. The summed E-state index contributed by atoms with van der Waals surface area (Å²) < 4.78 is 32.6. The summed E-state index contributed by atoms with van der Waals surface area (Å²) >= 11 is 0. The van der Waals surface area contributed by atoms with E-state index in [0.29, 0.717) is 29.2 Å². The third kappa shape index (κ3) is 7.13. The lowest BCUT2D eigenvalue weighted by Crippen LogP contribution is -2.58. The molecule has 226 valence electrons. The zero-order valence-corrected chi connectivity index (χ0v) is 24.9. The monoisotopic (exact) mass is 609 g/mol. The zero-order valence-electron chi connectivity index (χ0n) is 24.1. The minimum atomic E-state index is -2.93. The Hall–Kier alpha value is -4.05. The predicted octanol–water partition coefficient (Wildman–Crippen LogP) is 4.81. The normalized spacial score (nSPS) is 16.2. The van der Waals surface area contributed by atoms with E-state index in [-0.39, 0.29) is 22.6 Å². The van der Waals surface area contributed by atoms with E-state index >= 15 is 0 Å². The van der Waals surface area contributed by atoms with Gasteiger partial charge in [-0.25, -0.2) is 8.78 Å². The first-order valence-corrected chi connectivity index (χ1v) is 16.3. The van der Waals surface area contributed by atoms with Gasteiger partial charge in [0.05, 0.1) is 24.7 Å². The second kappa shape index (κ2) is 11.9. The highest BCUT2D eigenvalue weighted by atomic mass is 32.3. The fourth-order valence-corrected chi connectivity index (χ4v) is 5.61. The smallest absolute Gasteiger partial charge is 0.282 e. The topological polar surface area (TPSA) is 127 Å². The van der Waals surface area contributed by atoms with Crippen LogP contribution in [0, 0.1) is 11.3 Å². The Balaban J connectivity index is 1.43. The number of amides is 2. The molecule has 2 aliphatic rings. The molecule has 0 spiro atoms. The van der Waals surface area contributed by atoms with Gasteiger partial charge in [-0.3, -0.25) is 14.4 Å². The number of hydrogen-bond donors (Lipinski definition) is 3. The number of nitrogens with one attached hydrogen (secondary N) is 3. The number of carbonyl (C=O) groups excluding carboxylic acids is 2. The molecule has 1 saturated heterocycles. The molecular formula is C31H33F2N5O4S. The third-order valence-corrected chi connectivity index (χ3v) is 9.32. The number of alkyl halides is 2. The molecule has 2 fully saturated rings. The van der Waals surface area contributed by atoms with Crippen LogP contribution < -0.4 is 16.2 Å². The highest BCUT2D eigenvalue weighted by Gasteiger charge is 2.46. The van der Waals surface area contributed by atoms with Gasteiger partial charge in [-0.05, 0) is 83.9 Å². The van der Waals surface area contributed by atoms with Crippen LogP contribution in [0.5, 0.6) is 0 Å². The van der Waals surface area contributed by atoms with Crippen LogP contribution in [0.15, 0.2) is 53.5 Å². The van der Waals surface area contributed by atoms with Gasteiger partial charge in [-0.2, -0.15) is 5.26 Å².